The van der Waals surface area contributed by atoms with Gasteiger partial charge in [-0.2, -0.15) is 13.5 Å². The Balaban J connectivity index is 3.46. The van der Waals surface area contributed by atoms with Crippen molar-refractivity contribution >= 4 is 99.6 Å². The Morgan fingerprint density at radius 2 is 1.17 bits per heavy atom. The van der Waals surface area contributed by atoms with E-state index in [0.29, 0.717) is 0 Å². The maximum Gasteiger partial charge on any atom is 0.231 e. The lowest BCUT2D eigenvalue weighted by atomic mass is 13.8. The molecule has 0 saturated carbocycles. The number of halogens is 6. The van der Waals surface area contributed by atoms with Crippen LogP contribution in [0.15, 0.2) is 13.5 Å². The van der Waals surface area contributed by atoms with Crippen LogP contribution in [0, 0.1) is 0 Å². The van der Waals surface area contributed by atoms with Crippen LogP contribution in [0.4, 0.5) is 0 Å². The van der Waals surface area contributed by atoms with Crippen molar-refractivity contribution in [1.29, 1.82) is 0 Å². The molecule has 2 unspecified atom stereocenters. The fourth-order valence-corrected chi connectivity index (χ4v) is 36.5. The summed E-state index contributed by atoms with van der Waals surface area (Å²) in [5.41, 5.74) is 0. The molecule has 0 amide bonds. The summed E-state index contributed by atoms with van der Waals surface area (Å²) in [4.78, 5) is 0. The van der Waals surface area contributed by atoms with Crippen LogP contribution >= 0.6 is 99.6 Å². The summed E-state index contributed by atoms with van der Waals surface area (Å²) in [7, 11) is 0. The van der Waals surface area contributed by atoms with E-state index in [4.69, 9.17) is 22.5 Å². The Kier molecular flexibility index (Phi) is 4.66. The normalized spacial score (nSPS) is 45.5. The molecule has 0 spiro atoms. The summed E-state index contributed by atoms with van der Waals surface area (Å²) in [6.07, 6.45) is 0. The van der Waals surface area contributed by atoms with Crippen LogP contribution in [-0.4, -0.2) is 0 Å². The first kappa shape index (κ1) is 13.3. The standard InChI is InChI=1S/Br4Cl2N3P3/c1-10(2)7-11(3,5)9-12(4,6)8-10. The number of nitrogens with zero attached hydrogens (tertiary/aromatic N) is 3. The zero-order valence-corrected chi connectivity index (χ0v) is 15.5. The maximum atomic E-state index is 5.96. The van der Waals surface area contributed by atoms with Gasteiger partial charge in [-0.1, -0.05) is 0 Å². The van der Waals surface area contributed by atoms with Gasteiger partial charge in [-0.05, 0) is 53.5 Å². The zero-order chi connectivity index (χ0) is 9.62. The highest BCUT2D eigenvalue weighted by Gasteiger charge is 2.28. The first-order chi connectivity index (χ1) is 5.12. The molecule has 0 aromatic carbocycles. The van der Waals surface area contributed by atoms with Crippen LogP contribution in [0.3, 0.4) is 0 Å². The number of hydrogen-bond acceptors (Lipinski definition) is 3. The zero-order valence-electron chi connectivity index (χ0n) is 4.95. The van der Waals surface area contributed by atoms with Crippen LogP contribution in [0.25, 0.3) is 0 Å². The molecular formula is Br4Cl2N3P3. The monoisotopic (exact) mass is 521 g/mol. The van der Waals surface area contributed by atoms with Gasteiger partial charge in [-0.25, -0.2) is 0 Å². The fraction of sp³-hybridized carbons (Fsp3) is 0. The third-order valence-electron chi connectivity index (χ3n) is 0.646. The Hall–Kier alpha value is 3.19. The lowest BCUT2D eigenvalue weighted by molar-refractivity contribution is 1.82. The first-order valence-corrected chi connectivity index (χ1v) is 17.2. The molecule has 1 aliphatic rings. The number of hydrogen-bond donors (Lipinski definition) is 0. The van der Waals surface area contributed by atoms with E-state index in [0.717, 1.165) is 0 Å². The Labute approximate surface area is 112 Å². The molecule has 1 aliphatic heterocycles. The summed E-state index contributed by atoms with van der Waals surface area (Å²) in [5, 5.41) is -4.62. The van der Waals surface area contributed by atoms with E-state index < -0.39 is 15.1 Å². The first-order valence-electron chi connectivity index (χ1n) is 2.21. The molecule has 1 rings (SSSR count). The summed E-state index contributed by atoms with van der Waals surface area (Å²) in [6.45, 7) is 0. The minimum atomic E-state index is -2.31. The van der Waals surface area contributed by atoms with Crippen molar-refractivity contribution in [3.05, 3.63) is 0 Å². The molecule has 2 atom stereocenters. The van der Waals surface area contributed by atoms with Gasteiger partial charge in [0.25, 0.3) is 0 Å². The molecule has 0 radical (unpaired) electrons. The molecule has 0 bridgehead atoms. The molecule has 3 nitrogen and oxygen atoms in total. The van der Waals surface area contributed by atoms with Crippen LogP contribution < -0.4 is 0 Å². The van der Waals surface area contributed by atoms with Gasteiger partial charge in [0.15, 0.2) is 0 Å². The summed E-state index contributed by atoms with van der Waals surface area (Å²) >= 11 is 24.9. The third kappa shape index (κ3) is 4.37. The largest absolute Gasteiger partial charge is 0.231 e. The molecule has 0 aromatic heterocycles. The van der Waals surface area contributed by atoms with E-state index in [1.54, 1.807) is 0 Å². The van der Waals surface area contributed by atoms with Gasteiger partial charge in [0.2, 0.25) is 15.1 Å². The van der Waals surface area contributed by atoms with Crippen LogP contribution in [0.5, 0.6) is 0 Å². The third-order valence-corrected chi connectivity index (χ3v) is 18.5. The Morgan fingerprint density at radius 1 is 0.750 bits per heavy atom. The molecule has 0 fully saturated rings. The second-order valence-electron chi connectivity index (χ2n) is 1.64. The van der Waals surface area contributed by atoms with E-state index in [2.05, 4.69) is 75.5 Å². The lowest BCUT2D eigenvalue weighted by Gasteiger charge is -2.17. The molecule has 0 aromatic rings. The van der Waals surface area contributed by atoms with Gasteiger partial charge in [-0.15, -0.1) is 0 Å². The average molecular weight is 525 g/mol. The van der Waals surface area contributed by atoms with E-state index >= 15 is 0 Å². The molecule has 0 aliphatic carbocycles. The molecule has 0 N–H and O–H groups in total. The summed E-state index contributed by atoms with van der Waals surface area (Å²) < 4.78 is 10.3. The molecule has 0 saturated heterocycles. The van der Waals surface area contributed by atoms with Gasteiger partial charge in [0, 0.05) is 31.0 Å². The predicted octanol–water partition coefficient (Wildman–Crippen LogP) is 7.90. The summed E-state index contributed by atoms with van der Waals surface area (Å²) in [5.74, 6) is 0. The van der Waals surface area contributed by atoms with Crippen molar-refractivity contribution in [3.8, 4) is 0 Å². The second kappa shape index (κ2) is 4.22. The fourth-order valence-electron chi connectivity index (χ4n) is 0.442. The van der Waals surface area contributed by atoms with E-state index in [1.165, 1.54) is 0 Å². The van der Waals surface area contributed by atoms with Gasteiger partial charge < -0.3 is 0 Å². The molecular weight excluding hydrogens is 525 g/mol. The van der Waals surface area contributed by atoms with Crippen molar-refractivity contribution in [1.82, 2.24) is 0 Å². The lowest BCUT2D eigenvalue weighted by Crippen LogP contribution is -1.60. The van der Waals surface area contributed by atoms with Crippen LogP contribution in [0.2, 0.25) is 0 Å². The SMILES string of the molecule is ClP1(Br)=NP(Cl)(Br)=NP(Br)(Br)=N1. The van der Waals surface area contributed by atoms with Gasteiger partial charge in [0.05, 0.1) is 0 Å². The minimum Gasteiger partial charge on any atom is -0.196 e. The smallest absolute Gasteiger partial charge is 0.196 e. The molecule has 12 heavy (non-hydrogen) atoms. The Bertz CT molecular complexity index is 280. The second-order valence-corrected chi connectivity index (χ2v) is 26.5. The average Bonchev–Trinajstić information content (AvgIpc) is 1.44. The van der Waals surface area contributed by atoms with Crippen LogP contribution in [0.1, 0.15) is 0 Å². The quantitative estimate of drug-likeness (QED) is 0.289. The highest BCUT2D eigenvalue weighted by molar-refractivity contribution is 9.71. The molecule has 12 heteroatoms. The highest BCUT2D eigenvalue weighted by Crippen LogP contribution is 2.90. The van der Waals surface area contributed by atoms with E-state index in [9.17, 15) is 0 Å². The minimum absolute atomic E-state index is 2.06. The summed E-state index contributed by atoms with van der Waals surface area (Å²) in [6, 6.07) is 0. The highest BCUT2D eigenvalue weighted by atomic mass is 79.9. The van der Waals surface area contributed by atoms with Gasteiger partial charge >= 0.3 is 0 Å². The van der Waals surface area contributed by atoms with Gasteiger partial charge in [-0.3, -0.25) is 0 Å². The van der Waals surface area contributed by atoms with Crippen LogP contribution in [-0.2, 0) is 0 Å². The topological polar surface area (TPSA) is 37.1 Å². The number of rotatable bonds is 0. The molecule has 1 heterocycles. The van der Waals surface area contributed by atoms with Crippen molar-refractivity contribution in [2.45, 2.75) is 0 Å². The maximum absolute atomic E-state index is 5.96. The Morgan fingerprint density at radius 3 is 1.50 bits per heavy atom. The van der Waals surface area contributed by atoms with Crippen molar-refractivity contribution in [2.75, 3.05) is 0 Å². The predicted molar refractivity (Wildman–Crippen MR) is 75.5 cm³/mol. The van der Waals surface area contributed by atoms with E-state index in [1.807, 2.05) is 0 Å². The van der Waals surface area contributed by atoms with Crippen molar-refractivity contribution in [2.24, 2.45) is 13.5 Å². The molecule has 72 valence electrons. The van der Waals surface area contributed by atoms with E-state index in [-0.39, 0.29) is 0 Å². The van der Waals surface area contributed by atoms with Gasteiger partial charge in [0.1, 0.15) is 0 Å². The van der Waals surface area contributed by atoms with Crippen molar-refractivity contribution in [3.63, 3.8) is 0 Å². The van der Waals surface area contributed by atoms with Crippen molar-refractivity contribution < 1.29 is 0 Å².